The summed E-state index contributed by atoms with van der Waals surface area (Å²) in [6.07, 6.45) is 8.23. The van der Waals surface area contributed by atoms with Crippen LogP contribution in [0.5, 0.6) is 0 Å². The summed E-state index contributed by atoms with van der Waals surface area (Å²) in [6.45, 7) is 0. The number of pyridine rings is 1. The predicted molar refractivity (Wildman–Crippen MR) is 98.5 cm³/mol. The molecule has 2 saturated heterocycles. The Bertz CT molecular complexity index is 833. The molecule has 2 aliphatic heterocycles. The first kappa shape index (κ1) is 15.8. The van der Waals surface area contributed by atoms with E-state index < -0.39 is 0 Å². The molecule has 0 radical (unpaired) electrons. The Morgan fingerprint density at radius 3 is 2.58 bits per heavy atom. The SMILES string of the molecule is O=C(Nc1ccc(C2CC2)c(-c2ccc(F)cn2)c1)N1C2CCCC1C2. The van der Waals surface area contributed by atoms with Crippen LogP contribution in [0.25, 0.3) is 11.3 Å². The van der Waals surface area contributed by atoms with E-state index in [-0.39, 0.29) is 11.8 Å². The van der Waals surface area contributed by atoms with Gasteiger partial charge in [0.05, 0.1) is 11.9 Å². The highest BCUT2D eigenvalue weighted by Gasteiger charge is 2.44. The van der Waals surface area contributed by atoms with Crippen LogP contribution < -0.4 is 5.32 Å². The van der Waals surface area contributed by atoms with E-state index >= 15 is 0 Å². The summed E-state index contributed by atoms with van der Waals surface area (Å²) in [5.74, 6) is 0.215. The molecule has 2 atom stereocenters. The number of halogens is 1. The number of aromatic nitrogens is 1. The molecule has 2 unspecified atom stereocenters. The number of piperidine rings is 1. The highest BCUT2D eigenvalue weighted by atomic mass is 19.1. The van der Waals surface area contributed by atoms with Crippen LogP contribution in [0.1, 0.15) is 50.0 Å². The monoisotopic (exact) mass is 351 g/mol. The lowest BCUT2D eigenvalue weighted by Gasteiger charge is -2.52. The average Bonchev–Trinajstić information content (AvgIpc) is 3.48. The first-order valence-corrected chi connectivity index (χ1v) is 9.54. The summed E-state index contributed by atoms with van der Waals surface area (Å²) in [7, 11) is 0. The third kappa shape index (κ3) is 2.75. The molecule has 0 spiro atoms. The minimum atomic E-state index is -0.337. The van der Waals surface area contributed by atoms with Crippen LogP contribution >= 0.6 is 0 Å². The smallest absolute Gasteiger partial charge is 0.318 e. The summed E-state index contributed by atoms with van der Waals surface area (Å²) in [4.78, 5) is 18.9. The van der Waals surface area contributed by atoms with Gasteiger partial charge in [-0.05, 0) is 74.3 Å². The summed E-state index contributed by atoms with van der Waals surface area (Å²) >= 11 is 0. The van der Waals surface area contributed by atoms with Gasteiger partial charge in [0.25, 0.3) is 0 Å². The lowest BCUT2D eigenvalue weighted by atomic mass is 9.80. The molecule has 3 heterocycles. The minimum Gasteiger partial charge on any atom is -0.318 e. The van der Waals surface area contributed by atoms with Gasteiger partial charge in [0.15, 0.2) is 0 Å². The van der Waals surface area contributed by atoms with Gasteiger partial charge in [0, 0.05) is 23.3 Å². The van der Waals surface area contributed by atoms with Crippen molar-refractivity contribution < 1.29 is 9.18 Å². The van der Waals surface area contributed by atoms with E-state index in [1.54, 1.807) is 6.07 Å². The number of urea groups is 1. The van der Waals surface area contributed by atoms with Crippen molar-refractivity contribution in [3.63, 3.8) is 0 Å². The molecule has 4 nitrogen and oxygen atoms in total. The zero-order valence-corrected chi connectivity index (χ0v) is 14.6. The second-order valence-corrected chi connectivity index (χ2v) is 7.75. The van der Waals surface area contributed by atoms with Crippen LogP contribution in [-0.4, -0.2) is 28.0 Å². The van der Waals surface area contributed by atoms with E-state index in [0.717, 1.165) is 36.2 Å². The first-order chi connectivity index (χ1) is 12.7. The number of carbonyl (C=O) groups excluding carboxylic acids is 1. The van der Waals surface area contributed by atoms with Gasteiger partial charge in [-0.3, -0.25) is 4.98 Å². The Morgan fingerprint density at radius 1 is 1.12 bits per heavy atom. The van der Waals surface area contributed by atoms with Gasteiger partial charge < -0.3 is 10.2 Å². The fraction of sp³-hybridized carbons (Fsp3) is 0.429. The number of fused-ring (bicyclic) bond motifs is 2. The Hall–Kier alpha value is -2.43. The number of hydrogen-bond acceptors (Lipinski definition) is 2. The van der Waals surface area contributed by atoms with E-state index in [1.165, 1.54) is 37.1 Å². The molecule has 3 aliphatic rings. The summed E-state index contributed by atoms with van der Waals surface area (Å²) < 4.78 is 13.2. The number of rotatable bonds is 3. The maximum atomic E-state index is 13.2. The van der Waals surface area contributed by atoms with Gasteiger partial charge in [-0.2, -0.15) is 0 Å². The molecule has 2 bridgehead atoms. The molecule has 1 aromatic heterocycles. The van der Waals surface area contributed by atoms with Crippen molar-refractivity contribution in [1.82, 2.24) is 9.88 Å². The maximum Gasteiger partial charge on any atom is 0.322 e. The minimum absolute atomic E-state index is 0.00290. The molecule has 5 heteroatoms. The molecule has 1 aliphatic carbocycles. The largest absolute Gasteiger partial charge is 0.322 e. The Balaban J connectivity index is 1.42. The molecular weight excluding hydrogens is 329 g/mol. The number of amides is 2. The number of hydrogen-bond donors (Lipinski definition) is 1. The molecule has 1 aromatic carbocycles. The van der Waals surface area contributed by atoms with Crippen LogP contribution in [-0.2, 0) is 0 Å². The topological polar surface area (TPSA) is 45.2 Å². The maximum absolute atomic E-state index is 13.2. The first-order valence-electron chi connectivity index (χ1n) is 9.54. The van der Waals surface area contributed by atoms with Crippen LogP contribution in [0.4, 0.5) is 14.9 Å². The molecule has 5 rings (SSSR count). The van der Waals surface area contributed by atoms with E-state index in [9.17, 15) is 9.18 Å². The standard InChI is InChI=1S/C21H22FN3O/c22-14-6-9-20(23-12-14)19-10-15(7-8-18(19)13-4-5-13)24-21(26)25-16-2-1-3-17(25)11-16/h6-10,12-13,16-17H,1-5,11H2,(H,24,26). The lowest BCUT2D eigenvalue weighted by molar-refractivity contribution is 0.0173. The number of nitrogens with zero attached hydrogens (tertiary/aromatic N) is 2. The van der Waals surface area contributed by atoms with Crippen LogP contribution in [0.15, 0.2) is 36.5 Å². The van der Waals surface area contributed by atoms with Gasteiger partial charge in [-0.25, -0.2) is 9.18 Å². The highest BCUT2D eigenvalue weighted by molar-refractivity contribution is 5.91. The quantitative estimate of drug-likeness (QED) is 0.853. The van der Waals surface area contributed by atoms with Crippen molar-refractivity contribution in [1.29, 1.82) is 0 Å². The highest BCUT2D eigenvalue weighted by Crippen LogP contribution is 2.45. The molecular formula is C21H22FN3O. The fourth-order valence-corrected chi connectivity index (χ4v) is 4.47. The van der Waals surface area contributed by atoms with Crippen LogP contribution in [0, 0.1) is 5.82 Å². The Labute approximate surface area is 152 Å². The van der Waals surface area contributed by atoms with Gasteiger partial charge in [0.2, 0.25) is 0 Å². The lowest BCUT2D eigenvalue weighted by Crippen LogP contribution is -2.62. The Morgan fingerprint density at radius 2 is 1.92 bits per heavy atom. The second-order valence-electron chi connectivity index (χ2n) is 7.75. The molecule has 134 valence electrons. The molecule has 3 fully saturated rings. The molecule has 2 aromatic rings. The number of anilines is 1. The number of carbonyl (C=O) groups is 1. The molecule has 1 saturated carbocycles. The predicted octanol–water partition coefficient (Wildman–Crippen LogP) is 4.92. The summed E-state index contributed by atoms with van der Waals surface area (Å²) in [5.41, 5.74) is 3.77. The van der Waals surface area contributed by atoms with E-state index in [0.29, 0.717) is 18.0 Å². The fourth-order valence-electron chi connectivity index (χ4n) is 4.47. The van der Waals surface area contributed by atoms with Crippen LogP contribution in [0.2, 0.25) is 0 Å². The molecule has 26 heavy (non-hydrogen) atoms. The zero-order chi connectivity index (χ0) is 17.7. The van der Waals surface area contributed by atoms with Crippen molar-refractivity contribution >= 4 is 11.7 Å². The summed E-state index contributed by atoms with van der Waals surface area (Å²) in [6, 6.07) is 10.0. The van der Waals surface area contributed by atoms with Crippen molar-refractivity contribution in [2.75, 3.05) is 5.32 Å². The normalized spacial score (nSPS) is 24.1. The summed E-state index contributed by atoms with van der Waals surface area (Å²) in [5, 5.41) is 3.07. The van der Waals surface area contributed by atoms with Crippen molar-refractivity contribution in [2.45, 2.75) is 56.5 Å². The number of benzene rings is 1. The number of nitrogens with one attached hydrogen (secondary N) is 1. The van der Waals surface area contributed by atoms with Crippen molar-refractivity contribution in [3.05, 3.63) is 47.9 Å². The zero-order valence-electron chi connectivity index (χ0n) is 14.6. The van der Waals surface area contributed by atoms with Gasteiger partial charge in [-0.1, -0.05) is 6.07 Å². The van der Waals surface area contributed by atoms with Gasteiger partial charge in [0.1, 0.15) is 5.82 Å². The third-order valence-corrected chi connectivity index (χ3v) is 5.97. The van der Waals surface area contributed by atoms with Crippen molar-refractivity contribution in [3.8, 4) is 11.3 Å². The van der Waals surface area contributed by atoms with Crippen molar-refractivity contribution in [2.24, 2.45) is 0 Å². The average molecular weight is 351 g/mol. The molecule has 1 N–H and O–H groups in total. The Kier molecular flexibility index (Phi) is 3.69. The van der Waals surface area contributed by atoms with E-state index in [1.807, 2.05) is 17.0 Å². The van der Waals surface area contributed by atoms with Gasteiger partial charge in [-0.15, -0.1) is 0 Å². The van der Waals surface area contributed by atoms with E-state index in [4.69, 9.17) is 0 Å². The van der Waals surface area contributed by atoms with Crippen LogP contribution in [0.3, 0.4) is 0 Å². The second kappa shape index (κ2) is 6.08. The molecule has 2 amide bonds. The van der Waals surface area contributed by atoms with E-state index in [2.05, 4.69) is 16.4 Å². The van der Waals surface area contributed by atoms with Gasteiger partial charge >= 0.3 is 6.03 Å². The third-order valence-electron chi connectivity index (χ3n) is 5.97.